The van der Waals surface area contributed by atoms with E-state index in [9.17, 15) is 14.4 Å². The van der Waals surface area contributed by atoms with Crippen molar-refractivity contribution in [2.75, 3.05) is 14.2 Å². The fourth-order valence-corrected chi connectivity index (χ4v) is 2.01. The van der Waals surface area contributed by atoms with Crippen molar-refractivity contribution in [1.82, 2.24) is 0 Å². The van der Waals surface area contributed by atoms with E-state index in [0.29, 0.717) is 6.42 Å². The summed E-state index contributed by atoms with van der Waals surface area (Å²) < 4.78 is 9.25. The Labute approximate surface area is 106 Å². The molecule has 0 saturated carbocycles. The molecule has 1 rings (SSSR count). The van der Waals surface area contributed by atoms with Gasteiger partial charge in [-0.1, -0.05) is 12.5 Å². The summed E-state index contributed by atoms with van der Waals surface area (Å²) in [6.45, 7) is 0. The summed E-state index contributed by atoms with van der Waals surface area (Å²) in [7, 11) is 2.44. The summed E-state index contributed by atoms with van der Waals surface area (Å²) in [6.07, 6.45) is 5.09. The average Bonchev–Trinajstić information content (AvgIpc) is 2.47. The number of carbonyl (C=O) groups is 3. The molecule has 1 aliphatic carbocycles. The van der Waals surface area contributed by atoms with Gasteiger partial charge >= 0.3 is 11.9 Å². The molecule has 0 aromatic rings. The van der Waals surface area contributed by atoms with E-state index in [1.54, 1.807) is 6.08 Å². The molecule has 0 heterocycles. The minimum Gasteiger partial charge on any atom is -0.468 e. The zero-order chi connectivity index (χ0) is 13.5. The van der Waals surface area contributed by atoms with E-state index in [1.807, 2.05) is 0 Å². The second-order valence-electron chi connectivity index (χ2n) is 4.17. The molecule has 1 atom stereocenters. The molecule has 0 radical (unpaired) electrons. The van der Waals surface area contributed by atoms with Crippen LogP contribution in [-0.4, -0.2) is 31.9 Å². The number of carbonyl (C=O) groups excluding carboxylic acids is 3. The van der Waals surface area contributed by atoms with Crippen LogP contribution in [0.4, 0.5) is 0 Å². The number of rotatable bonds is 2. The Hall–Kier alpha value is -1.65. The lowest BCUT2D eigenvalue weighted by atomic mass is 9.92. The van der Waals surface area contributed by atoms with Crippen LogP contribution >= 0.6 is 0 Å². The highest BCUT2D eigenvalue weighted by Crippen LogP contribution is 2.22. The predicted molar refractivity (Wildman–Crippen MR) is 63.7 cm³/mol. The molecule has 1 aliphatic rings. The summed E-state index contributed by atoms with van der Waals surface area (Å²) in [5.41, 5.74) is 0.108. The first-order valence-electron chi connectivity index (χ1n) is 6.00. The van der Waals surface area contributed by atoms with Crippen LogP contribution in [0.1, 0.15) is 32.1 Å². The smallest absolute Gasteiger partial charge is 0.334 e. The van der Waals surface area contributed by atoms with Crippen molar-refractivity contribution in [3.63, 3.8) is 0 Å². The Kier molecular flexibility index (Phi) is 5.55. The molecule has 0 spiro atoms. The van der Waals surface area contributed by atoms with E-state index in [-0.39, 0.29) is 17.8 Å². The number of esters is 2. The predicted octanol–water partition coefficient (Wildman–Crippen LogP) is 1.41. The second-order valence-corrected chi connectivity index (χ2v) is 4.17. The minimum atomic E-state index is -1.14. The van der Waals surface area contributed by atoms with Gasteiger partial charge in [0.25, 0.3) is 0 Å². The van der Waals surface area contributed by atoms with Gasteiger partial charge in [-0.25, -0.2) is 4.79 Å². The second kappa shape index (κ2) is 6.93. The fourth-order valence-electron chi connectivity index (χ4n) is 2.01. The van der Waals surface area contributed by atoms with Gasteiger partial charge in [-0.15, -0.1) is 0 Å². The Morgan fingerprint density at radius 1 is 1.17 bits per heavy atom. The molecule has 18 heavy (non-hydrogen) atoms. The van der Waals surface area contributed by atoms with Crippen molar-refractivity contribution >= 4 is 17.7 Å². The first kappa shape index (κ1) is 14.4. The zero-order valence-electron chi connectivity index (χ0n) is 10.7. The Balaban J connectivity index is 3.10. The molecular formula is C13H18O5. The highest BCUT2D eigenvalue weighted by molar-refractivity contribution is 6.09. The van der Waals surface area contributed by atoms with Crippen LogP contribution in [0.2, 0.25) is 0 Å². The van der Waals surface area contributed by atoms with Crippen LogP contribution < -0.4 is 0 Å². The third-order valence-electron chi connectivity index (χ3n) is 2.98. The first-order chi connectivity index (χ1) is 8.61. The summed E-state index contributed by atoms with van der Waals surface area (Å²) in [4.78, 5) is 35.4. The van der Waals surface area contributed by atoms with Crippen molar-refractivity contribution in [1.29, 1.82) is 0 Å². The number of allylic oxidation sites excluding steroid dienone is 1. The summed E-state index contributed by atoms with van der Waals surface area (Å²) in [5, 5.41) is 0. The fraction of sp³-hybridized carbons (Fsp3) is 0.615. The minimum absolute atomic E-state index is 0.108. The summed E-state index contributed by atoms with van der Waals surface area (Å²) >= 11 is 0. The van der Waals surface area contributed by atoms with E-state index in [2.05, 4.69) is 9.47 Å². The standard InChI is InChI=1S/C13H18O5/c1-17-12(15)9-7-5-3-4-6-8-10(14)11(9)13(16)18-2/h7,11H,3-6,8H2,1-2H3/b9-7+/t11-/m1/s1. The Bertz CT molecular complexity index is 370. The number of methoxy groups -OCH3 is 2. The largest absolute Gasteiger partial charge is 0.468 e. The maximum atomic E-state index is 12.0. The van der Waals surface area contributed by atoms with Gasteiger partial charge in [-0.3, -0.25) is 9.59 Å². The van der Waals surface area contributed by atoms with Crippen molar-refractivity contribution in [2.45, 2.75) is 32.1 Å². The highest BCUT2D eigenvalue weighted by Gasteiger charge is 2.35. The van der Waals surface area contributed by atoms with Gasteiger partial charge in [-0.05, 0) is 19.3 Å². The lowest BCUT2D eigenvalue weighted by Gasteiger charge is -2.15. The van der Waals surface area contributed by atoms with Crippen molar-refractivity contribution < 1.29 is 23.9 Å². The van der Waals surface area contributed by atoms with Gasteiger partial charge in [0.1, 0.15) is 5.92 Å². The average molecular weight is 254 g/mol. The van der Waals surface area contributed by atoms with Gasteiger partial charge in [0.05, 0.1) is 19.8 Å². The third-order valence-corrected chi connectivity index (χ3v) is 2.98. The van der Waals surface area contributed by atoms with Crippen LogP contribution in [0.25, 0.3) is 0 Å². The molecule has 0 N–H and O–H groups in total. The Morgan fingerprint density at radius 2 is 1.89 bits per heavy atom. The molecule has 0 aliphatic heterocycles. The summed E-state index contributed by atoms with van der Waals surface area (Å²) in [6, 6.07) is 0. The topological polar surface area (TPSA) is 69.7 Å². The van der Waals surface area contributed by atoms with Crippen LogP contribution in [0.15, 0.2) is 11.6 Å². The van der Waals surface area contributed by atoms with Gasteiger partial charge in [0.15, 0.2) is 5.78 Å². The Morgan fingerprint density at radius 3 is 2.50 bits per heavy atom. The molecule has 0 unspecified atom stereocenters. The van der Waals surface area contributed by atoms with Crippen molar-refractivity contribution in [3.8, 4) is 0 Å². The van der Waals surface area contributed by atoms with E-state index in [1.165, 1.54) is 14.2 Å². The number of hydrogen-bond donors (Lipinski definition) is 0. The monoisotopic (exact) mass is 254 g/mol. The van der Waals surface area contributed by atoms with Gasteiger partial charge in [0.2, 0.25) is 0 Å². The van der Waals surface area contributed by atoms with Crippen molar-refractivity contribution in [3.05, 3.63) is 11.6 Å². The van der Waals surface area contributed by atoms with Crippen LogP contribution in [0, 0.1) is 5.92 Å². The van der Waals surface area contributed by atoms with E-state index in [4.69, 9.17) is 0 Å². The van der Waals surface area contributed by atoms with Gasteiger partial charge < -0.3 is 9.47 Å². The molecule has 0 bridgehead atoms. The van der Waals surface area contributed by atoms with E-state index < -0.39 is 17.9 Å². The molecule has 0 aromatic carbocycles. The van der Waals surface area contributed by atoms with Crippen LogP contribution in [-0.2, 0) is 23.9 Å². The normalized spacial score (nSPS) is 24.0. The maximum absolute atomic E-state index is 12.0. The maximum Gasteiger partial charge on any atom is 0.334 e. The number of ketones is 1. The molecule has 100 valence electrons. The quantitative estimate of drug-likeness (QED) is 0.550. The molecule has 5 heteroatoms. The van der Waals surface area contributed by atoms with Gasteiger partial charge in [0, 0.05) is 6.42 Å². The molecule has 0 aromatic heterocycles. The van der Waals surface area contributed by atoms with Crippen LogP contribution in [0.3, 0.4) is 0 Å². The van der Waals surface area contributed by atoms with Crippen LogP contribution in [0.5, 0.6) is 0 Å². The third kappa shape index (κ3) is 3.42. The lowest BCUT2D eigenvalue weighted by molar-refractivity contribution is -0.151. The first-order valence-corrected chi connectivity index (χ1v) is 6.00. The number of hydrogen-bond acceptors (Lipinski definition) is 5. The molecule has 0 saturated heterocycles. The SMILES string of the molecule is COC(=O)/C1=C/CCCCCC(=O)[C@@H]1C(=O)OC. The number of Topliss-reactive ketones (excluding diaryl/α,β-unsaturated/α-hetero) is 1. The lowest BCUT2D eigenvalue weighted by Crippen LogP contribution is -2.30. The van der Waals surface area contributed by atoms with Gasteiger partial charge in [-0.2, -0.15) is 0 Å². The highest BCUT2D eigenvalue weighted by atomic mass is 16.5. The molecule has 0 amide bonds. The van der Waals surface area contributed by atoms with E-state index in [0.717, 1.165) is 19.3 Å². The molecule has 0 fully saturated rings. The zero-order valence-corrected chi connectivity index (χ0v) is 10.7. The van der Waals surface area contributed by atoms with E-state index >= 15 is 0 Å². The number of ether oxygens (including phenoxy) is 2. The van der Waals surface area contributed by atoms with Crippen molar-refractivity contribution in [2.24, 2.45) is 5.92 Å². The molecular weight excluding hydrogens is 236 g/mol. The molecule has 5 nitrogen and oxygen atoms in total. The summed E-state index contributed by atoms with van der Waals surface area (Å²) in [5.74, 6) is -2.75.